The van der Waals surface area contributed by atoms with Crippen molar-refractivity contribution in [3.8, 4) is 5.69 Å². The number of nitrogens with zero attached hydrogens (tertiary/aromatic N) is 5. The normalized spacial score (nSPS) is 13.1. The molecule has 0 spiro atoms. The summed E-state index contributed by atoms with van der Waals surface area (Å²) in [5, 5.41) is 12.7. The van der Waals surface area contributed by atoms with Crippen LogP contribution in [-0.4, -0.2) is 30.5 Å². The Kier molecular flexibility index (Phi) is 3.94. The minimum absolute atomic E-state index is 0.272. The van der Waals surface area contributed by atoms with Gasteiger partial charge in [0.25, 0.3) is 5.91 Å². The number of nitrogens with one attached hydrogen (secondary N) is 1. The van der Waals surface area contributed by atoms with Crippen LogP contribution in [0.15, 0.2) is 36.5 Å². The number of aryl methyl sites for hydroxylation is 2. The second-order valence-electron chi connectivity index (χ2n) is 7.27. The van der Waals surface area contributed by atoms with Crippen molar-refractivity contribution in [2.45, 2.75) is 26.2 Å². The molecule has 0 unspecified atom stereocenters. The summed E-state index contributed by atoms with van der Waals surface area (Å²) in [5.74, 6) is -0.573. The van der Waals surface area contributed by atoms with Gasteiger partial charge in [-0.2, -0.15) is 10.2 Å². The van der Waals surface area contributed by atoms with E-state index in [0.717, 1.165) is 52.9 Å². The molecule has 0 bridgehead atoms. The van der Waals surface area contributed by atoms with Gasteiger partial charge in [-0.3, -0.25) is 9.48 Å². The number of amides is 1. The number of hydrogen-bond donors (Lipinski definition) is 1. The molecule has 1 N–H and O–H groups in total. The van der Waals surface area contributed by atoms with Crippen molar-refractivity contribution in [2.75, 3.05) is 5.32 Å². The number of fused-ring (bicyclic) bond motifs is 2. The standard InChI is InChI=1S/C21H19FN6O/c1-12-17-10-14(11-23-20(17)27(2)25-12)24-21(29)19-16-4-3-5-18(16)28(26-19)15-8-6-13(22)7-9-15/h6-11H,3-5H2,1-2H3,(H,24,29). The molecule has 4 aromatic rings. The summed E-state index contributed by atoms with van der Waals surface area (Å²) in [6.45, 7) is 1.91. The van der Waals surface area contributed by atoms with Crippen molar-refractivity contribution in [2.24, 2.45) is 7.05 Å². The van der Waals surface area contributed by atoms with E-state index >= 15 is 0 Å². The largest absolute Gasteiger partial charge is 0.319 e. The summed E-state index contributed by atoms with van der Waals surface area (Å²) in [4.78, 5) is 17.4. The first-order valence-electron chi connectivity index (χ1n) is 9.48. The lowest BCUT2D eigenvalue weighted by molar-refractivity contribution is 0.102. The molecule has 7 nitrogen and oxygen atoms in total. The first-order chi connectivity index (χ1) is 14.0. The molecule has 1 amide bonds. The van der Waals surface area contributed by atoms with Gasteiger partial charge in [0.15, 0.2) is 11.3 Å². The highest BCUT2D eigenvalue weighted by atomic mass is 19.1. The molecule has 146 valence electrons. The minimum Gasteiger partial charge on any atom is -0.319 e. The number of hydrogen-bond acceptors (Lipinski definition) is 4. The maximum absolute atomic E-state index is 13.3. The zero-order chi connectivity index (χ0) is 20.1. The zero-order valence-corrected chi connectivity index (χ0v) is 16.1. The first kappa shape index (κ1) is 17.5. The van der Waals surface area contributed by atoms with Gasteiger partial charge in [-0.1, -0.05) is 0 Å². The summed E-state index contributed by atoms with van der Waals surface area (Å²) in [6, 6.07) is 8.02. The third-order valence-corrected chi connectivity index (χ3v) is 5.34. The Morgan fingerprint density at radius 1 is 1.17 bits per heavy atom. The summed E-state index contributed by atoms with van der Waals surface area (Å²) in [5.41, 5.74) is 5.34. The van der Waals surface area contributed by atoms with Gasteiger partial charge < -0.3 is 5.32 Å². The van der Waals surface area contributed by atoms with Crippen LogP contribution in [0.5, 0.6) is 0 Å². The van der Waals surface area contributed by atoms with Gasteiger partial charge in [0.1, 0.15) is 5.82 Å². The van der Waals surface area contributed by atoms with Gasteiger partial charge in [0.2, 0.25) is 0 Å². The first-order valence-corrected chi connectivity index (χ1v) is 9.48. The number of carbonyl (C=O) groups is 1. The van der Waals surface area contributed by atoms with Gasteiger partial charge in [-0.05, 0) is 56.5 Å². The fraction of sp³-hybridized carbons (Fsp3) is 0.238. The van der Waals surface area contributed by atoms with Gasteiger partial charge in [-0.25, -0.2) is 14.1 Å². The predicted molar refractivity (Wildman–Crippen MR) is 107 cm³/mol. The van der Waals surface area contributed by atoms with Crippen LogP contribution in [-0.2, 0) is 19.9 Å². The minimum atomic E-state index is -0.302. The molecule has 0 fully saturated rings. The molecule has 8 heteroatoms. The Bertz CT molecular complexity index is 1250. The number of halogens is 1. The van der Waals surface area contributed by atoms with Gasteiger partial charge in [0.05, 0.1) is 23.3 Å². The van der Waals surface area contributed by atoms with E-state index in [1.165, 1.54) is 12.1 Å². The number of aromatic nitrogens is 5. The van der Waals surface area contributed by atoms with Crippen LogP contribution in [0.4, 0.5) is 10.1 Å². The second kappa shape index (κ2) is 6.51. The summed E-state index contributed by atoms with van der Waals surface area (Å²) >= 11 is 0. The van der Waals surface area contributed by atoms with E-state index in [2.05, 4.69) is 20.5 Å². The molecule has 0 radical (unpaired) electrons. The van der Waals surface area contributed by atoms with Crippen LogP contribution in [0.1, 0.15) is 33.9 Å². The Labute approximate surface area is 166 Å². The highest BCUT2D eigenvalue weighted by Crippen LogP contribution is 2.29. The molecule has 0 aliphatic heterocycles. The molecule has 1 aliphatic carbocycles. The molecule has 0 saturated heterocycles. The number of pyridine rings is 1. The summed E-state index contributed by atoms with van der Waals surface area (Å²) < 4.78 is 16.8. The number of carbonyl (C=O) groups excluding carboxylic acids is 1. The molecule has 5 rings (SSSR count). The Morgan fingerprint density at radius 2 is 1.97 bits per heavy atom. The molecular formula is C21H19FN6O. The van der Waals surface area contributed by atoms with Gasteiger partial charge >= 0.3 is 0 Å². The van der Waals surface area contributed by atoms with Crippen LogP contribution in [0, 0.1) is 12.7 Å². The third kappa shape index (κ3) is 2.88. The van der Waals surface area contributed by atoms with E-state index < -0.39 is 0 Å². The topological polar surface area (TPSA) is 77.6 Å². The molecule has 29 heavy (non-hydrogen) atoms. The van der Waals surface area contributed by atoms with Crippen molar-refractivity contribution in [3.05, 3.63) is 65.0 Å². The summed E-state index contributed by atoms with van der Waals surface area (Å²) in [7, 11) is 1.84. The monoisotopic (exact) mass is 390 g/mol. The lowest BCUT2D eigenvalue weighted by Gasteiger charge is -2.06. The summed E-state index contributed by atoms with van der Waals surface area (Å²) in [6.07, 6.45) is 4.24. The molecule has 3 aromatic heterocycles. The lowest BCUT2D eigenvalue weighted by atomic mass is 10.2. The quantitative estimate of drug-likeness (QED) is 0.582. The molecular weight excluding hydrogens is 371 g/mol. The van der Waals surface area contributed by atoms with E-state index in [9.17, 15) is 9.18 Å². The third-order valence-electron chi connectivity index (χ3n) is 5.34. The maximum Gasteiger partial charge on any atom is 0.276 e. The number of benzene rings is 1. The number of rotatable bonds is 3. The van der Waals surface area contributed by atoms with Crippen molar-refractivity contribution >= 4 is 22.6 Å². The van der Waals surface area contributed by atoms with Crippen LogP contribution < -0.4 is 5.32 Å². The SMILES string of the molecule is Cc1nn(C)c2ncc(NC(=O)c3nn(-c4ccc(F)cc4)c4c3CCC4)cc12. The van der Waals surface area contributed by atoms with Crippen LogP contribution in [0.2, 0.25) is 0 Å². The van der Waals surface area contributed by atoms with E-state index in [-0.39, 0.29) is 11.7 Å². The molecule has 3 heterocycles. The van der Waals surface area contributed by atoms with Gasteiger partial charge in [0, 0.05) is 23.7 Å². The van der Waals surface area contributed by atoms with E-state index in [1.54, 1.807) is 27.7 Å². The Morgan fingerprint density at radius 3 is 2.76 bits per heavy atom. The number of anilines is 1. The van der Waals surface area contributed by atoms with Crippen LogP contribution >= 0.6 is 0 Å². The van der Waals surface area contributed by atoms with Crippen molar-refractivity contribution < 1.29 is 9.18 Å². The average molecular weight is 390 g/mol. The molecule has 1 aliphatic rings. The highest BCUT2D eigenvalue weighted by molar-refractivity contribution is 6.04. The zero-order valence-electron chi connectivity index (χ0n) is 16.1. The predicted octanol–water partition coefficient (Wildman–Crippen LogP) is 3.34. The van der Waals surface area contributed by atoms with Crippen LogP contribution in [0.25, 0.3) is 16.7 Å². The average Bonchev–Trinajstić information content (AvgIpc) is 3.37. The molecule has 1 aromatic carbocycles. The molecule has 0 saturated carbocycles. The van der Waals surface area contributed by atoms with Crippen molar-refractivity contribution in [3.63, 3.8) is 0 Å². The highest BCUT2D eigenvalue weighted by Gasteiger charge is 2.27. The fourth-order valence-corrected chi connectivity index (χ4v) is 3.98. The Hall–Kier alpha value is -3.55. The fourth-order valence-electron chi connectivity index (χ4n) is 3.98. The van der Waals surface area contributed by atoms with Crippen LogP contribution in [0.3, 0.4) is 0 Å². The van der Waals surface area contributed by atoms with Crippen molar-refractivity contribution in [1.29, 1.82) is 0 Å². The molecule has 0 atom stereocenters. The Balaban J connectivity index is 1.50. The maximum atomic E-state index is 13.3. The van der Waals surface area contributed by atoms with Gasteiger partial charge in [-0.15, -0.1) is 0 Å². The van der Waals surface area contributed by atoms with Crippen molar-refractivity contribution in [1.82, 2.24) is 24.5 Å². The second-order valence-corrected chi connectivity index (χ2v) is 7.27. The van der Waals surface area contributed by atoms with E-state index in [4.69, 9.17) is 0 Å². The lowest BCUT2D eigenvalue weighted by Crippen LogP contribution is -2.15. The smallest absolute Gasteiger partial charge is 0.276 e. The van der Waals surface area contributed by atoms with E-state index in [1.807, 2.05) is 20.0 Å². The van der Waals surface area contributed by atoms with E-state index in [0.29, 0.717) is 11.4 Å².